The third-order valence-corrected chi connectivity index (χ3v) is 5.44. The van der Waals surface area contributed by atoms with E-state index in [4.69, 9.17) is 9.26 Å². The Kier molecular flexibility index (Phi) is 3.72. The van der Waals surface area contributed by atoms with Crippen molar-refractivity contribution in [1.82, 2.24) is 0 Å². The van der Waals surface area contributed by atoms with E-state index in [2.05, 4.69) is 18.2 Å². The van der Waals surface area contributed by atoms with Crippen LogP contribution in [0.1, 0.15) is 0 Å². The van der Waals surface area contributed by atoms with Gasteiger partial charge in [0, 0.05) is 10.9 Å². The van der Waals surface area contributed by atoms with E-state index in [-0.39, 0.29) is 11.6 Å². The van der Waals surface area contributed by atoms with Gasteiger partial charge in [0.2, 0.25) is 0 Å². The second-order valence-electron chi connectivity index (χ2n) is 5.19. The van der Waals surface area contributed by atoms with Crippen molar-refractivity contribution >= 4 is 13.5 Å². The second-order valence-corrected chi connectivity index (χ2v) is 6.87. The summed E-state index contributed by atoms with van der Waals surface area (Å²) in [4.78, 5) is 0. The van der Waals surface area contributed by atoms with E-state index in [0.29, 0.717) is 6.35 Å². The summed E-state index contributed by atoms with van der Waals surface area (Å²) in [5.41, 5.74) is 2.25. The molecule has 0 radical (unpaired) electrons. The largest absolute Gasteiger partial charge is 0.482 e. The van der Waals surface area contributed by atoms with E-state index in [0.717, 1.165) is 22.2 Å². The zero-order chi connectivity index (χ0) is 15.6. The van der Waals surface area contributed by atoms with Gasteiger partial charge >= 0.3 is 0 Å². The molecule has 1 atom stereocenters. The predicted octanol–water partition coefficient (Wildman–Crippen LogP) is 4.94. The number of fused-ring (bicyclic) bond motifs is 3. The molecule has 1 heterocycles. The number of rotatable bonds is 3. The molecule has 0 spiro atoms. The van der Waals surface area contributed by atoms with Crippen LogP contribution in [0.3, 0.4) is 0 Å². The smallest absolute Gasteiger partial charge is 0.165 e. The van der Waals surface area contributed by atoms with Crippen molar-refractivity contribution in [3.05, 3.63) is 78.6 Å². The number of ether oxygens (including phenoxy) is 1. The molecule has 1 aliphatic rings. The van der Waals surface area contributed by atoms with Gasteiger partial charge in [-0.2, -0.15) is 0 Å². The van der Waals surface area contributed by atoms with E-state index in [1.807, 2.05) is 30.3 Å². The maximum absolute atomic E-state index is 13.7. The molecule has 3 aromatic carbocycles. The average Bonchev–Trinajstić information content (AvgIpc) is 2.61. The molecule has 4 rings (SSSR count). The molecule has 114 valence electrons. The third kappa shape index (κ3) is 2.69. The molecule has 0 aliphatic carbocycles. The van der Waals surface area contributed by atoms with Crippen LogP contribution in [0, 0.1) is 5.82 Å². The van der Waals surface area contributed by atoms with Crippen molar-refractivity contribution in [2.75, 3.05) is 6.35 Å². The Bertz CT molecular complexity index is 850. The van der Waals surface area contributed by atoms with Crippen LogP contribution in [0.25, 0.3) is 11.1 Å². The lowest BCUT2D eigenvalue weighted by Gasteiger charge is -2.28. The Balaban J connectivity index is 1.65. The minimum Gasteiger partial charge on any atom is -0.482 e. The van der Waals surface area contributed by atoms with Crippen molar-refractivity contribution in [1.29, 1.82) is 0 Å². The van der Waals surface area contributed by atoms with Crippen LogP contribution in [0.15, 0.2) is 72.8 Å². The topological polar surface area (TPSA) is 18.5 Å². The van der Waals surface area contributed by atoms with Gasteiger partial charge in [-0.15, -0.1) is 0 Å². The molecule has 0 saturated carbocycles. The number of hydrogen-bond acceptors (Lipinski definition) is 2. The lowest BCUT2D eigenvalue weighted by molar-refractivity contribution is 0.356. The molecule has 0 aromatic heterocycles. The first-order valence-electron chi connectivity index (χ1n) is 7.34. The molecular formula is C19H14FO2P. The van der Waals surface area contributed by atoms with Gasteiger partial charge in [0.25, 0.3) is 0 Å². The highest BCUT2D eigenvalue weighted by Gasteiger charge is 2.26. The maximum atomic E-state index is 13.7. The molecule has 0 saturated heterocycles. The average molecular weight is 324 g/mol. The first-order valence-corrected chi connectivity index (χ1v) is 8.79. The highest BCUT2D eigenvalue weighted by molar-refractivity contribution is 7.61. The normalized spacial score (nSPS) is 15.3. The van der Waals surface area contributed by atoms with E-state index < -0.39 is 8.15 Å². The van der Waals surface area contributed by atoms with Crippen LogP contribution < -0.4 is 14.6 Å². The Morgan fingerprint density at radius 2 is 1.52 bits per heavy atom. The van der Waals surface area contributed by atoms with E-state index in [1.54, 1.807) is 18.2 Å². The molecule has 0 N–H and O–H groups in total. The van der Waals surface area contributed by atoms with Crippen LogP contribution in [-0.4, -0.2) is 6.35 Å². The molecule has 2 nitrogen and oxygen atoms in total. The number of benzene rings is 3. The number of para-hydroxylation sites is 2. The van der Waals surface area contributed by atoms with Crippen molar-refractivity contribution in [3.8, 4) is 22.6 Å². The summed E-state index contributed by atoms with van der Waals surface area (Å²) in [5.74, 6) is 0.762. The standard InChI is InChI=1S/C19H14FO2P/c20-16-9-3-5-11-18(16)21-13-23-19-12-6-2-8-15(19)14-7-1-4-10-17(14)22-23/h1-12H,13H2. The van der Waals surface area contributed by atoms with E-state index >= 15 is 0 Å². The molecule has 1 aliphatic heterocycles. The SMILES string of the molecule is Fc1ccccc1OCP1Oc2ccccc2-c2ccccc21. The summed E-state index contributed by atoms with van der Waals surface area (Å²) in [6.45, 7) is 0. The highest BCUT2D eigenvalue weighted by atomic mass is 31.1. The summed E-state index contributed by atoms with van der Waals surface area (Å²) in [6, 6.07) is 22.6. The Labute approximate surface area is 135 Å². The first-order chi connectivity index (χ1) is 11.3. The Morgan fingerprint density at radius 3 is 2.39 bits per heavy atom. The lowest BCUT2D eigenvalue weighted by atomic mass is 10.0. The number of halogens is 1. The van der Waals surface area contributed by atoms with E-state index in [1.165, 1.54) is 6.07 Å². The summed E-state index contributed by atoms with van der Waals surface area (Å²) < 4.78 is 25.5. The zero-order valence-corrected chi connectivity index (χ0v) is 13.2. The molecule has 1 unspecified atom stereocenters. The minimum absolute atomic E-state index is 0.259. The quantitative estimate of drug-likeness (QED) is 0.635. The number of hydrogen-bond donors (Lipinski definition) is 0. The van der Waals surface area contributed by atoms with Gasteiger partial charge in [0.05, 0.1) is 0 Å². The lowest BCUT2D eigenvalue weighted by Crippen LogP contribution is -2.18. The summed E-state index contributed by atoms with van der Waals surface area (Å²) in [7, 11) is -0.999. The summed E-state index contributed by atoms with van der Waals surface area (Å²) in [5, 5.41) is 1.12. The monoisotopic (exact) mass is 324 g/mol. The van der Waals surface area contributed by atoms with Crippen molar-refractivity contribution < 1.29 is 13.7 Å². The van der Waals surface area contributed by atoms with Crippen LogP contribution in [0.4, 0.5) is 4.39 Å². The molecule has 0 amide bonds. The maximum Gasteiger partial charge on any atom is 0.165 e. The molecule has 0 bridgehead atoms. The molecule has 23 heavy (non-hydrogen) atoms. The van der Waals surface area contributed by atoms with Crippen molar-refractivity contribution in [3.63, 3.8) is 0 Å². The van der Waals surface area contributed by atoms with Crippen LogP contribution in [-0.2, 0) is 0 Å². The Hall–Kier alpha value is -2.38. The minimum atomic E-state index is -0.999. The van der Waals surface area contributed by atoms with Crippen molar-refractivity contribution in [2.45, 2.75) is 0 Å². The fourth-order valence-electron chi connectivity index (χ4n) is 2.64. The van der Waals surface area contributed by atoms with Crippen molar-refractivity contribution in [2.24, 2.45) is 0 Å². The van der Waals surface area contributed by atoms with Gasteiger partial charge in [0.1, 0.15) is 12.1 Å². The van der Waals surface area contributed by atoms with Crippen LogP contribution >= 0.6 is 8.15 Å². The first kappa shape index (κ1) is 14.2. The fourth-order valence-corrected chi connectivity index (χ4v) is 4.30. The van der Waals surface area contributed by atoms with Crippen LogP contribution in [0.5, 0.6) is 11.5 Å². The molecule has 4 heteroatoms. The zero-order valence-electron chi connectivity index (χ0n) is 12.3. The van der Waals surface area contributed by atoms with Gasteiger partial charge in [-0.05, 0) is 23.8 Å². The molecule has 0 fully saturated rings. The molecule has 3 aromatic rings. The third-order valence-electron chi connectivity index (χ3n) is 3.73. The highest BCUT2D eigenvalue weighted by Crippen LogP contribution is 2.48. The van der Waals surface area contributed by atoms with Gasteiger partial charge in [-0.3, -0.25) is 0 Å². The van der Waals surface area contributed by atoms with E-state index in [9.17, 15) is 4.39 Å². The second kappa shape index (κ2) is 6.02. The summed E-state index contributed by atoms with van der Waals surface area (Å²) in [6.07, 6.45) is 0.321. The fraction of sp³-hybridized carbons (Fsp3) is 0.0526. The van der Waals surface area contributed by atoms with Gasteiger partial charge in [-0.25, -0.2) is 4.39 Å². The van der Waals surface area contributed by atoms with Crippen LogP contribution in [0.2, 0.25) is 0 Å². The van der Waals surface area contributed by atoms with Gasteiger partial charge in [-0.1, -0.05) is 54.6 Å². The Morgan fingerprint density at radius 1 is 0.826 bits per heavy atom. The predicted molar refractivity (Wildman–Crippen MR) is 91.0 cm³/mol. The summed E-state index contributed by atoms with van der Waals surface area (Å²) >= 11 is 0. The molecular weight excluding hydrogens is 310 g/mol. The van der Waals surface area contributed by atoms with Gasteiger partial charge in [0.15, 0.2) is 19.7 Å². The van der Waals surface area contributed by atoms with Gasteiger partial charge < -0.3 is 9.26 Å².